The maximum Gasteiger partial charge on any atom is 0.190 e. The third kappa shape index (κ3) is 8.57. The topological polar surface area (TPSA) is 107 Å². The summed E-state index contributed by atoms with van der Waals surface area (Å²) in [5, 5.41) is 0. The number of rotatable bonds is 8. The largest absolute Gasteiger partial charge is 0.354 e. The van der Waals surface area contributed by atoms with Crippen LogP contribution in [0.15, 0.2) is 164 Å². The maximum atomic E-state index is 6.56. The standard InChI is InChI=1S/C63H53N5O5/c1-62(2)70-58-52(69-61-60(59(58)71-62)72-63(3,4)73-61)38-68-35-33-39(34-36-68)25-26-44-37-51-55(42-21-13-7-14-22-42)49-30-29-47(65-49)53(40-17-9-5-10-18-40)45-27-28-46(64-45)54(41-19-11-6-12-20-41)48-31-32-50(66-48)56(57(44)67-51)43-23-15-8-16-24-43/h5-37,52,58-61H,38H2,1-4H3,(H,64,65,66,67)/p+1/t52-,58+,59+,60-,61-/m1/s1. The van der Waals surface area contributed by atoms with Crippen molar-refractivity contribution in [3.8, 4) is 44.5 Å². The lowest BCUT2D eigenvalue weighted by molar-refractivity contribution is -0.706. The lowest BCUT2D eigenvalue weighted by Gasteiger charge is -2.35. The van der Waals surface area contributed by atoms with Crippen LogP contribution in [0.2, 0.25) is 0 Å². The van der Waals surface area contributed by atoms with Gasteiger partial charge in [0.15, 0.2) is 36.8 Å². The Morgan fingerprint density at radius 1 is 0.479 bits per heavy atom. The minimum Gasteiger partial charge on any atom is -0.354 e. The van der Waals surface area contributed by atoms with Crippen molar-refractivity contribution in [2.45, 2.75) is 76.5 Å². The van der Waals surface area contributed by atoms with Crippen molar-refractivity contribution >= 4 is 58.5 Å². The molecule has 10 nitrogen and oxygen atoms in total. The molecule has 2 N–H and O–H groups in total. The van der Waals surface area contributed by atoms with Crippen LogP contribution < -0.4 is 4.57 Å². The van der Waals surface area contributed by atoms with E-state index in [1.165, 1.54) is 0 Å². The number of pyridine rings is 1. The molecule has 0 unspecified atom stereocenters. The second-order valence-electron chi connectivity index (χ2n) is 20.1. The van der Waals surface area contributed by atoms with Gasteiger partial charge in [0.2, 0.25) is 0 Å². The Balaban J connectivity index is 0.998. The minimum atomic E-state index is -0.783. The average Bonchev–Trinajstić information content (AvgIpc) is 4.29. The van der Waals surface area contributed by atoms with Crippen LogP contribution in [-0.4, -0.2) is 62.2 Å². The molecule has 5 aliphatic heterocycles. The monoisotopic (exact) mass is 960 g/mol. The summed E-state index contributed by atoms with van der Waals surface area (Å²) in [6.07, 6.45) is 15.2. The summed E-state index contributed by atoms with van der Waals surface area (Å²) in [5.41, 5.74) is 17.4. The molecule has 0 spiro atoms. The summed E-state index contributed by atoms with van der Waals surface area (Å²) >= 11 is 0. The van der Waals surface area contributed by atoms with Gasteiger partial charge < -0.3 is 33.7 Å². The summed E-state index contributed by atoms with van der Waals surface area (Å²) in [6, 6.07) is 52.9. The van der Waals surface area contributed by atoms with E-state index in [1.54, 1.807) is 0 Å². The van der Waals surface area contributed by atoms with Gasteiger partial charge in [-0.15, -0.1) is 0 Å². The predicted molar refractivity (Wildman–Crippen MR) is 289 cm³/mol. The van der Waals surface area contributed by atoms with Gasteiger partial charge in [-0.05, 0) is 98.0 Å². The van der Waals surface area contributed by atoms with Crippen molar-refractivity contribution in [3.63, 3.8) is 0 Å². The molecule has 8 bridgehead atoms. The molecule has 3 fully saturated rings. The number of nitrogens with one attached hydrogen (secondary N) is 2. The number of H-pyrrole nitrogens is 2. The van der Waals surface area contributed by atoms with Gasteiger partial charge in [-0.25, -0.2) is 14.5 Å². The number of ether oxygens (including phenoxy) is 5. The Morgan fingerprint density at radius 3 is 1.47 bits per heavy atom. The molecule has 9 heterocycles. The van der Waals surface area contributed by atoms with Gasteiger partial charge in [0.05, 0.1) is 28.3 Å². The molecule has 3 saturated heterocycles. The lowest BCUT2D eigenvalue weighted by Crippen LogP contribution is -2.58. The first kappa shape index (κ1) is 45.1. The number of nitrogens with zero attached hydrogens (tertiary/aromatic N) is 3. The van der Waals surface area contributed by atoms with Gasteiger partial charge in [-0.1, -0.05) is 133 Å². The first-order chi connectivity index (χ1) is 35.6. The molecule has 5 atom stereocenters. The zero-order valence-corrected chi connectivity index (χ0v) is 41.0. The summed E-state index contributed by atoms with van der Waals surface area (Å²) in [4.78, 5) is 18.9. The lowest BCUT2D eigenvalue weighted by atomic mass is 9.99. The third-order valence-electron chi connectivity index (χ3n) is 14.2. The number of fused-ring (bicyclic) bond motifs is 11. The van der Waals surface area contributed by atoms with E-state index in [0.717, 1.165) is 100 Å². The molecule has 10 heteroatoms. The van der Waals surface area contributed by atoms with Crippen LogP contribution in [0, 0.1) is 0 Å². The third-order valence-corrected chi connectivity index (χ3v) is 14.2. The first-order valence-corrected chi connectivity index (χ1v) is 25.1. The van der Waals surface area contributed by atoms with Crippen LogP contribution in [0.4, 0.5) is 0 Å². The molecule has 8 aromatic rings. The highest BCUT2D eigenvalue weighted by Gasteiger charge is 2.61. The molecule has 0 radical (unpaired) electrons. The van der Waals surface area contributed by atoms with E-state index in [2.05, 4.69) is 215 Å². The van der Waals surface area contributed by atoms with Crippen molar-refractivity contribution in [2.24, 2.45) is 0 Å². The van der Waals surface area contributed by atoms with E-state index < -0.39 is 17.9 Å². The molecule has 0 amide bonds. The molecule has 4 aromatic heterocycles. The SMILES string of the molecule is CC1(C)O[C@H]2[C@@H](O1)[C@@H](C[n+]1ccc(C=Cc3cc4[nH]c3c(-c3ccccc3)c3nc(c(-c5ccccc5)c5ccc([nH]5)c(-c5ccccc5)c5nc(c4-c4ccccc4)C=C5)C=C3)cc1)O[C@@H]1OC(C)(C)O[C@@H]12. The van der Waals surface area contributed by atoms with E-state index in [1.807, 2.05) is 27.7 Å². The van der Waals surface area contributed by atoms with Crippen molar-refractivity contribution in [1.82, 2.24) is 19.9 Å². The molecule has 0 aliphatic carbocycles. The molecule has 13 rings (SSSR count). The zero-order valence-electron chi connectivity index (χ0n) is 41.0. The normalized spacial score (nSPS) is 21.4. The van der Waals surface area contributed by atoms with Crippen LogP contribution >= 0.6 is 0 Å². The van der Waals surface area contributed by atoms with Crippen molar-refractivity contribution < 1.29 is 28.3 Å². The molecule has 73 heavy (non-hydrogen) atoms. The molecule has 0 saturated carbocycles. The highest BCUT2D eigenvalue weighted by molar-refractivity contribution is 6.02. The fourth-order valence-corrected chi connectivity index (χ4v) is 11.0. The molecule has 4 aromatic carbocycles. The second kappa shape index (κ2) is 18.0. The van der Waals surface area contributed by atoms with Crippen LogP contribution in [0.1, 0.15) is 61.6 Å². The quantitative estimate of drug-likeness (QED) is 0.146. The van der Waals surface area contributed by atoms with Crippen molar-refractivity contribution in [1.29, 1.82) is 0 Å². The van der Waals surface area contributed by atoms with Crippen molar-refractivity contribution in [3.05, 3.63) is 198 Å². The average molecular weight is 961 g/mol. The molecular formula is C63H54N5O5+. The smallest absolute Gasteiger partial charge is 0.190 e. The minimum absolute atomic E-state index is 0.314. The van der Waals surface area contributed by atoms with E-state index in [-0.39, 0.29) is 24.4 Å². The summed E-state index contributed by atoms with van der Waals surface area (Å²) < 4.78 is 34.0. The van der Waals surface area contributed by atoms with E-state index in [0.29, 0.717) is 6.54 Å². The fourth-order valence-electron chi connectivity index (χ4n) is 11.0. The molecule has 360 valence electrons. The van der Waals surface area contributed by atoms with Crippen LogP contribution in [-0.2, 0) is 30.2 Å². The highest BCUT2D eigenvalue weighted by Crippen LogP contribution is 2.45. The Kier molecular flexibility index (Phi) is 11.1. The fraction of sp³-hybridized carbons (Fsp3) is 0.190. The highest BCUT2D eigenvalue weighted by atomic mass is 16.9. The summed E-state index contributed by atoms with van der Waals surface area (Å²) in [5.74, 6) is -1.55. The summed E-state index contributed by atoms with van der Waals surface area (Å²) in [6.45, 7) is 8.23. The number of aromatic amines is 2. The van der Waals surface area contributed by atoms with Gasteiger partial charge in [0, 0.05) is 56.5 Å². The number of benzene rings is 4. The predicted octanol–water partition coefficient (Wildman–Crippen LogP) is 13.2. The van der Waals surface area contributed by atoms with Gasteiger partial charge in [-0.2, -0.15) is 0 Å². The van der Waals surface area contributed by atoms with Crippen LogP contribution in [0.3, 0.4) is 0 Å². The first-order valence-electron chi connectivity index (χ1n) is 25.1. The Labute approximate surface area is 423 Å². The molecular weight excluding hydrogens is 907 g/mol. The number of hydrogen-bond acceptors (Lipinski definition) is 7. The Morgan fingerprint density at radius 2 is 0.932 bits per heavy atom. The summed E-state index contributed by atoms with van der Waals surface area (Å²) in [7, 11) is 0. The van der Waals surface area contributed by atoms with Gasteiger partial charge in [0.1, 0.15) is 24.4 Å². The zero-order chi connectivity index (χ0) is 49.3. The van der Waals surface area contributed by atoms with Gasteiger partial charge in [-0.3, -0.25) is 0 Å². The van der Waals surface area contributed by atoms with Crippen LogP contribution in [0.5, 0.6) is 0 Å². The van der Waals surface area contributed by atoms with Gasteiger partial charge >= 0.3 is 0 Å². The van der Waals surface area contributed by atoms with E-state index in [9.17, 15) is 0 Å². The van der Waals surface area contributed by atoms with Gasteiger partial charge in [0.25, 0.3) is 0 Å². The van der Waals surface area contributed by atoms with Crippen LogP contribution in [0.25, 0.3) is 103 Å². The van der Waals surface area contributed by atoms with E-state index in [4.69, 9.17) is 33.7 Å². The Hall–Kier alpha value is -7.83. The Bertz CT molecular complexity index is 3660. The maximum absolute atomic E-state index is 6.56. The second-order valence-corrected chi connectivity index (χ2v) is 20.1. The van der Waals surface area contributed by atoms with E-state index >= 15 is 0 Å². The molecule has 5 aliphatic rings. The number of aromatic nitrogens is 5. The number of hydrogen-bond donors (Lipinski definition) is 2. The van der Waals surface area contributed by atoms with Crippen molar-refractivity contribution in [2.75, 3.05) is 0 Å².